The Hall–Kier alpha value is -1.29. The van der Waals surface area contributed by atoms with Crippen LogP contribution in [-0.4, -0.2) is 6.03 Å². The molecule has 0 saturated carbocycles. The number of amides is 2. The maximum absolute atomic E-state index is 10.4. The lowest BCUT2D eigenvalue weighted by Crippen LogP contribution is -2.30. The second kappa shape index (κ2) is 3.21. The molecular weight excluding hydrogens is 142 g/mol. The SMILES string of the molecule is N[C]1C=CC=C(NC(N)=O)C1. The summed E-state index contributed by atoms with van der Waals surface area (Å²) in [6.07, 6.45) is 5.87. The van der Waals surface area contributed by atoms with Crippen LogP contribution in [-0.2, 0) is 0 Å². The van der Waals surface area contributed by atoms with Crippen LogP contribution in [0.5, 0.6) is 0 Å². The third kappa shape index (κ3) is 2.43. The Labute approximate surface area is 64.9 Å². The van der Waals surface area contributed by atoms with Crippen LogP contribution < -0.4 is 16.8 Å². The minimum atomic E-state index is -0.556. The van der Waals surface area contributed by atoms with Crippen LogP contribution in [0.2, 0.25) is 0 Å². The minimum Gasteiger partial charge on any atom is -0.351 e. The predicted octanol–water partition coefficient (Wildman–Crippen LogP) is -0.0108. The van der Waals surface area contributed by atoms with Crippen LogP contribution in [0.25, 0.3) is 0 Å². The third-order valence-electron chi connectivity index (χ3n) is 1.29. The van der Waals surface area contributed by atoms with Crippen LogP contribution >= 0.6 is 0 Å². The maximum atomic E-state index is 10.4. The molecule has 0 spiro atoms. The lowest BCUT2D eigenvalue weighted by atomic mass is 10.1. The third-order valence-corrected chi connectivity index (χ3v) is 1.29. The van der Waals surface area contributed by atoms with Gasteiger partial charge < -0.3 is 16.8 Å². The Bertz CT molecular complexity index is 220. The molecule has 0 fully saturated rings. The second-order valence-corrected chi connectivity index (χ2v) is 2.29. The number of urea groups is 1. The molecule has 0 bridgehead atoms. The van der Waals surface area contributed by atoms with E-state index in [1.54, 1.807) is 18.2 Å². The van der Waals surface area contributed by atoms with E-state index in [2.05, 4.69) is 5.32 Å². The molecule has 4 nitrogen and oxygen atoms in total. The van der Waals surface area contributed by atoms with Crippen molar-refractivity contribution in [2.75, 3.05) is 0 Å². The van der Waals surface area contributed by atoms with E-state index < -0.39 is 6.03 Å². The highest BCUT2D eigenvalue weighted by Crippen LogP contribution is 2.12. The second-order valence-electron chi connectivity index (χ2n) is 2.29. The van der Waals surface area contributed by atoms with Crippen LogP contribution in [0.1, 0.15) is 6.42 Å². The van der Waals surface area contributed by atoms with Crippen LogP contribution in [0.3, 0.4) is 0 Å². The van der Waals surface area contributed by atoms with E-state index in [9.17, 15) is 4.79 Å². The summed E-state index contributed by atoms with van der Waals surface area (Å²) in [7, 11) is 0. The fourth-order valence-corrected chi connectivity index (χ4v) is 0.870. The van der Waals surface area contributed by atoms with Crippen molar-refractivity contribution in [3.63, 3.8) is 0 Å². The summed E-state index contributed by atoms with van der Waals surface area (Å²) in [4.78, 5) is 10.4. The highest BCUT2D eigenvalue weighted by Gasteiger charge is 2.07. The molecule has 59 valence electrons. The Balaban J connectivity index is 2.52. The molecule has 0 heterocycles. The summed E-state index contributed by atoms with van der Waals surface area (Å²) in [5.41, 5.74) is 11.1. The van der Waals surface area contributed by atoms with Crippen molar-refractivity contribution in [3.8, 4) is 0 Å². The van der Waals surface area contributed by atoms with Gasteiger partial charge in [-0.25, -0.2) is 4.79 Å². The normalized spacial score (nSPS) is 17.7. The van der Waals surface area contributed by atoms with Crippen molar-refractivity contribution in [1.29, 1.82) is 0 Å². The first-order valence-corrected chi connectivity index (χ1v) is 3.23. The quantitative estimate of drug-likeness (QED) is 0.494. The fraction of sp³-hybridized carbons (Fsp3) is 0.143. The molecule has 0 aliphatic heterocycles. The zero-order chi connectivity index (χ0) is 8.27. The van der Waals surface area contributed by atoms with E-state index in [-0.39, 0.29) is 0 Å². The average molecular weight is 152 g/mol. The first-order chi connectivity index (χ1) is 5.18. The van der Waals surface area contributed by atoms with Crippen molar-refractivity contribution in [1.82, 2.24) is 5.32 Å². The first kappa shape index (κ1) is 7.81. The Kier molecular flexibility index (Phi) is 2.28. The monoisotopic (exact) mass is 152 g/mol. The van der Waals surface area contributed by atoms with Gasteiger partial charge in [-0.3, -0.25) is 0 Å². The fourth-order valence-electron chi connectivity index (χ4n) is 0.870. The van der Waals surface area contributed by atoms with Crippen molar-refractivity contribution < 1.29 is 4.79 Å². The summed E-state index contributed by atoms with van der Waals surface area (Å²) >= 11 is 0. The molecule has 0 atom stereocenters. The predicted molar refractivity (Wildman–Crippen MR) is 42.0 cm³/mol. The molecular formula is C7H10N3O. The molecule has 1 aliphatic carbocycles. The van der Waals surface area contributed by atoms with Crippen molar-refractivity contribution >= 4 is 6.03 Å². The van der Waals surface area contributed by atoms with Crippen LogP contribution in [0.4, 0.5) is 4.79 Å². The minimum absolute atomic E-state index is 0.555. The zero-order valence-electron chi connectivity index (χ0n) is 6.00. The van der Waals surface area contributed by atoms with E-state index in [0.29, 0.717) is 6.42 Å². The molecule has 0 unspecified atom stereocenters. The molecule has 5 N–H and O–H groups in total. The molecule has 0 aromatic carbocycles. The summed E-state index contributed by atoms with van der Waals surface area (Å²) in [5, 5.41) is 2.46. The molecule has 1 rings (SSSR count). The lowest BCUT2D eigenvalue weighted by molar-refractivity contribution is 0.251. The number of nitrogens with two attached hydrogens (primary N) is 2. The topological polar surface area (TPSA) is 81.1 Å². The van der Waals surface area contributed by atoms with Crippen LogP contribution in [0.15, 0.2) is 23.9 Å². The average Bonchev–Trinajstić information content (AvgIpc) is 1.85. The van der Waals surface area contributed by atoms with Gasteiger partial charge in [0.25, 0.3) is 0 Å². The molecule has 1 aliphatic rings. The lowest BCUT2D eigenvalue weighted by Gasteiger charge is -2.12. The summed E-state index contributed by atoms with van der Waals surface area (Å²) in [6, 6.07) is 0.163. The van der Waals surface area contributed by atoms with Gasteiger partial charge in [0.05, 0.1) is 6.04 Å². The number of hydrogen-bond donors (Lipinski definition) is 3. The number of nitrogens with one attached hydrogen (secondary N) is 1. The first-order valence-electron chi connectivity index (χ1n) is 3.23. The van der Waals surface area contributed by atoms with E-state index in [0.717, 1.165) is 11.7 Å². The van der Waals surface area contributed by atoms with E-state index in [1.807, 2.05) is 0 Å². The number of primary amides is 1. The largest absolute Gasteiger partial charge is 0.351 e. The van der Waals surface area contributed by atoms with Crippen LogP contribution in [0, 0.1) is 6.04 Å². The summed E-state index contributed by atoms with van der Waals surface area (Å²) < 4.78 is 0. The highest BCUT2D eigenvalue weighted by atomic mass is 16.2. The Morgan fingerprint density at radius 1 is 1.64 bits per heavy atom. The summed E-state index contributed by atoms with van der Waals surface area (Å²) in [5.74, 6) is 0. The molecule has 0 aromatic rings. The Morgan fingerprint density at radius 2 is 2.36 bits per heavy atom. The van der Waals surface area contributed by atoms with Gasteiger partial charge in [-0.1, -0.05) is 12.2 Å². The van der Waals surface area contributed by atoms with Gasteiger partial charge >= 0.3 is 6.03 Å². The van der Waals surface area contributed by atoms with Gasteiger partial charge in [-0.05, 0) is 6.08 Å². The molecule has 11 heavy (non-hydrogen) atoms. The van der Waals surface area contributed by atoms with Crippen molar-refractivity contribution in [3.05, 3.63) is 30.0 Å². The van der Waals surface area contributed by atoms with E-state index in [4.69, 9.17) is 11.5 Å². The number of carbonyl (C=O) groups is 1. The van der Waals surface area contributed by atoms with Crippen molar-refractivity contribution in [2.24, 2.45) is 11.5 Å². The number of carbonyl (C=O) groups excluding carboxylic acids is 1. The molecule has 2 amide bonds. The molecule has 1 radical (unpaired) electrons. The highest BCUT2D eigenvalue weighted by molar-refractivity contribution is 5.74. The van der Waals surface area contributed by atoms with Gasteiger partial charge in [0, 0.05) is 12.1 Å². The van der Waals surface area contributed by atoms with Gasteiger partial charge in [0.2, 0.25) is 0 Å². The Morgan fingerprint density at radius 3 is 2.91 bits per heavy atom. The van der Waals surface area contributed by atoms with E-state index >= 15 is 0 Å². The van der Waals surface area contributed by atoms with Gasteiger partial charge in [0.1, 0.15) is 0 Å². The molecule has 0 saturated heterocycles. The number of rotatable bonds is 1. The number of allylic oxidation sites excluding steroid dienone is 2. The van der Waals surface area contributed by atoms with Crippen molar-refractivity contribution in [2.45, 2.75) is 6.42 Å². The zero-order valence-corrected chi connectivity index (χ0v) is 6.00. The molecule has 4 heteroatoms. The van der Waals surface area contributed by atoms with E-state index in [1.165, 1.54) is 0 Å². The van der Waals surface area contributed by atoms with Gasteiger partial charge in [0.15, 0.2) is 0 Å². The summed E-state index contributed by atoms with van der Waals surface area (Å²) in [6.45, 7) is 0. The molecule has 0 aromatic heterocycles. The van der Waals surface area contributed by atoms with Gasteiger partial charge in [-0.2, -0.15) is 0 Å². The maximum Gasteiger partial charge on any atom is 0.316 e. The van der Waals surface area contributed by atoms with Gasteiger partial charge in [-0.15, -0.1) is 0 Å². The number of hydrogen-bond acceptors (Lipinski definition) is 2. The standard InChI is InChI=1S/C7H10N3O/c8-5-2-1-3-6(4-5)10-7(9)11/h1-3H,4,8H2,(H3,9,10,11). The smallest absolute Gasteiger partial charge is 0.316 e.